The Labute approximate surface area is 171 Å². The molecule has 1 saturated heterocycles. The van der Waals surface area contributed by atoms with E-state index in [1.54, 1.807) is 6.92 Å². The summed E-state index contributed by atoms with van der Waals surface area (Å²) in [7, 11) is 1.19. The van der Waals surface area contributed by atoms with Crippen LogP contribution in [-0.2, 0) is 31.7 Å². The average Bonchev–Trinajstić information content (AvgIpc) is 2.66. The van der Waals surface area contributed by atoms with Crippen LogP contribution in [0.4, 0.5) is 22.4 Å². The second-order valence-corrected chi connectivity index (χ2v) is 7.00. The van der Waals surface area contributed by atoms with E-state index in [1.165, 1.54) is 12.0 Å². The summed E-state index contributed by atoms with van der Waals surface area (Å²) >= 11 is 0. The second-order valence-electron chi connectivity index (χ2n) is 7.00. The van der Waals surface area contributed by atoms with E-state index in [1.807, 2.05) is 0 Å². The van der Waals surface area contributed by atoms with Crippen LogP contribution in [0.5, 0.6) is 0 Å². The Bertz CT molecular complexity index is 796. The third-order valence-corrected chi connectivity index (χ3v) is 5.01. The minimum atomic E-state index is -4.81. The van der Waals surface area contributed by atoms with Crippen molar-refractivity contribution in [3.8, 4) is 0 Å². The summed E-state index contributed by atoms with van der Waals surface area (Å²) in [5.74, 6) is -2.91. The quantitative estimate of drug-likeness (QED) is 0.388. The number of hydrogen-bond acceptors (Lipinski definition) is 5. The molecule has 1 aromatic rings. The average molecular weight is 433 g/mol. The molecule has 0 aromatic heterocycles. The third-order valence-electron chi connectivity index (χ3n) is 5.01. The van der Waals surface area contributed by atoms with Crippen molar-refractivity contribution >= 4 is 17.8 Å². The van der Waals surface area contributed by atoms with Crippen LogP contribution in [0, 0.1) is 11.7 Å². The molecular formula is C20H23F4NO5. The van der Waals surface area contributed by atoms with Gasteiger partial charge < -0.3 is 14.4 Å². The molecule has 1 aromatic carbocycles. The molecule has 10 heteroatoms. The molecular weight excluding hydrogens is 410 g/mol. The minimum Gasteiger partial charge on any atom is -0.466 e. The molecule has 6 nitrogen and oxygen atoms in total. The number of benzene rings is 1. The molecule has 0 aliphatic carbocycles. The van der Waals surface area contributed by atoms with Gasteiger partial charge in [-0.15, -0.1) is 0 Å². The van der Waals surface area contributed by atoms with E-state index in [-0.39, 0.29) is 37.3 Å². The van der Waals surface area contributed by atoms with Gasteiger partial charge in [-0.05, 0) is 43.9 Å². The molecule has 1 aliphatic heterocycles. The van der Waals surface area contributed by atoms with E-state index in [4.69, 9.17) is 9.47 Å². The number of Topliss-reactive ketones (excluding diaryl/α,β-unsaturated/α-hetero) is 1. The van der Waals surface area contributed by atoms with Crippen LogP contribution in [0.1, 0.15) is 37.3 Å². The number of rotatable bonds is 6. The summed E-state index contributed by atoms with van der Waals surface area (Å²) < 4.78 is 61.7. The van der Waals surface area contributed by atoms with Crippen molar-refractivity contribution < 1.29 is 41.4 Å². The lowest BCUT2D eigenvalue weighted by Gasteiger charge is -2.38. The van der Waals surface area contributed by atoms with Crippen LogP contribution in [-0.4, -0.2) is 49.0 Å². The van der Waals surface area contributed by atoms with E-state index in [0.29, 0.717) is 12.5 Å². The van der Waals surface area contributed by atoms with Gasteiger partial charge in [0.2, 0.25) is 0 Å². The van der Waals surface area contributed by atoms with Crippen LogP contribution in [0.15, 0.2) is 18.2 Å². The molecule has 2 rings (SSSR count). The highest BCUT2D eigenvalue weighted by Crippen LogP contribution is 2.33. The number of nitrogens with zero attached hydrogens (tertiary/aromatic N) is 1. The molecule has 0 N–H and O–H groups in total. The van der Waals surface area contributed by atoms with Crippen LogP contribution in [0.2, 0.25) is 0 Å². The van der Waals surface area contributed by atoms with Crippen molar-refractivity contribution in [2.45, 2.75) is 44.8 Å². The number of likely N-dealkylation sites (tertiary alicyclic amines) is 1. The fraction of sp³-hybridized carbons (Fsp3) is 0.550. The van der Waals surface area contributed by atoms with E-state index in [0.717, 1.165) is 12.1 Å². The summed E-state index contributed by atoms with van der Waals surface area (Å²) in [5.41, 5.74) is -1.12. The third kappa shape index (κ3) is 5.93. The highest BCUT2D eigenvalue weighted by molar-refractivity contribution is 5.96. The van der Waals surface area contributed by atoms with Crippen LogP contribution < -0.4 is 0 Å². The molecule has 1 amide bonds. The summed E-state index contributed by atoms with van der Waals surface area (Å²) in [5, 5.41) is 0. The smallest absolute Gasteiger partial charge is 0.419 e. The normalized spacial score (nSPS) is 19.3. The number of carbonyl (C=O) groups is 3. The van der Waals surface area contributed by atoms with E-state index < -0.39 is 48.0 Å². The first-order chi connectivity index (χ1) is 14.1. The largest absolute Gasteiger partial charge is 0.466 e. The van der Waals surface area contributed by atoms with Crippen molar-refractivity contribution in [2.75, 3.05) is 20.3 Å². The van der Waals surface area contributed by atoms with E-state index >= 15 is 0 Å². The maximum atomic E-state index is 13.9. The number of ether oxygens (including phenoxy) is 2. The molecule has 1 heterocycles. The Morgan fingerprint density at radius 3 is 2.50 bits per heavy atom. The zero-order valence-corrected chi connectivity index (χ0v) is 16.6. The van der Waals surface area contributed by atoms with Crippen molar-refractivity contribution in [3.05, 3.63) is 35.1 Å². The lowest BCUT2D eigenvalue weighted by Crippen LogP contribution is -2.48. The van der Waals surface area contributed by atoms with Gasteiger partial charge in [-0.25, -0.2) is 9.18 Å². The number of piperidine rings is 1. The van der Waals surface area contributed by atoms with Crippen LogP contribution in [0.3, 0.4) is 0 Å². The Morgan fingerprint density at radius 1 is 1.23 bits per heavy atom. The molecule has 0 bridgehead atoms. The lowest BCUT2D eigenvalue weighted by molar-refractivity contribution is -0.147. The Balaban J connectivity index is 2.18. The Morgan fingerprint density at radius 2 is 1.93 bits per heavy atom. The van der Waals surface area contributed by atoms with Crippen molar-refractivity contribution in [2.24, 2.45) is 5.92 Å². The van der Waals surface area contributed by atoms with Gasteiger partial charge in [0.05, 0.1) is 19.3 Å². The van der Waals surface area contributed by atoms with Crippen LogP contribution >= 0.6 is 0 Å². The molecule has 0 saturated carbocycles. The molecule has 1 fully saturated rings. The van der Waals surface area contributed by atoms with Gasteiger partial charge in [0.15, 0.2) is 0 Å². The number of hydrogen-bond donors (Lipinski definition) is 0. The van der Waals surface area contributed by atoms with Gasteiger partial charge in [-0.2, -0.15) is 13.2 Å². The second kappa shape index (κ2) is 9.90. The van der Waals surface area contributed by atoms with E-state index in [9.17, 15) is 31.9 Å². The number of methoxy groups -OCH3 is 1. The zero-order valence-electron chi connectivity index (χ0n) is 16.6. The minimum absolute atomic E-state index is 0.0351. The Kier molecular flexibility index (Phi) is 7.80. The van der Waals surface area contributed by atoms with Gasteiger partial charge in [0, 0.05) is 18.5 Å². The molecule has 1 aliphatic rings. The fourth-order valence-electron chi connectivity index (χ4n) is 3.58. The number of amides is 1. The summed E-state index contributed by atoms with van der Waals surface area (Å²) in [6, 6.07) is 1.98. The molecule has 0 unspecified atom stereocenters. The maximum absolute atomic E-state index is 13.9. The number of carbonyl (C=O) groups excluding carboxylic acids is 3. The Hall–Kier alpha value is -2.65. The molecule has 30 heavy (non-hydrogen) atoms. The molecule has 0 radical (unpaired) electrons. The van der Waals surface area contributed by atoms with Crippen molar-refractivity contribution in [3.63, 3.8) is 0 Å². The lowest BCUT2D eigenvalue weighted by atomic mass is 9.84. The van der Waals surface area contributed by atoms with Gasteiger partial charge in [0.1, 0.15) is 18.0 Å². The number of alkyl halides is 3. The predicted octanol–water partition coefficient (Wildman–Crippen LogP) is 3.76. The van der Waals surface area contributed by atoms with Crippen molar-refractivity contribution in [1.29, 1.82) is 0 Å². The first-order valence-corrected chi connectivity index (χ1v) is 9.45. The highest BCUT2D eigenvalue weighted by atomic mass is 19.4. The number of esters is 1. The number of ketones is 1. The summed E-state index contributed by atoms with van der Waals surface area (Å²) in [4.78, 5) is 37.4. The molecule has 0 spiro atoms. The SMILES string of the molecule is CCOC(=O)CC(=O)[C@@H]1CCN(C(=O)OC)[C@@H](Cc2ccc(C(F)(F)F)c(F)c2)C1. The summed E-state index contributed by atoms with van der Waals surface area (Å²) in [6.45, 7) is 1.94. The molecule has 2 atom stereocenters. The van der Waals surface area contributed by atoms with Gasteiger partial charge in [0.25, 0.3) is 0 Å². The number of halogens is 4. The molecule has 166 valence electrons. The standard InChI is InChI=1S/C20H23F4NO5/c1-3-30-18(27)11-17(26)13-6-7-25(19(28)29-2)14(10-13)8-12-4-5-15(16(21)9-12)20(22,23)24/h4-5,9,13-14H,3,6-8,10-11H2,1-2H3/t13-,14+/m1/s1. The first kappa shape index (κ1) is 23.6. The fourth-order valence-corrected chi connectivity index (χ4v) is 3.58. The topological polar surface area (TPSA) is 72.9 Å². The highest BCUT2D eigenvalue weighted by Gasteiger charge is 2.37. The van der Waals surface area contributed by atoms with Gasteiger partial charge in [-0.3, -0.25) is 9.59 Å². The van der Waals surface area contributed by atoms with Gasteiger partial charge >= 0.3 is 18.2 Å². The van der Waals surface area contributed by atoms with E-state index in [2.05, 4.69) is 0 Å². The van der Waals surface area contributed by atoms with Gasteiger partial charge in [-0.1, -0.05) is 6.07 Å². The monoisotopic (exact) mass is 433 g/mol. The van der Waals surface area contributed by atoms with Crippen molar-refractivity contribution in [1.82, 2.24) is 4.90 Å². The first-order valence-electron chi connectivity index (χ1n) is 9.45. The summed E-state index contributed by atoms with van der Waals surface area (Å²) in [6.07, 6.45) is -5.33. The predicted molar refractivity (Wildman–Crippen MR) is 97.0 cm³/mol. The van der Waals surface area contributed by atoms with Crippen LogP contribution in [0.25, 0.3) is 0 Å². The zero-order chi connectivity index (χ0) is 22.5. The maximum Gasteiger partial charge on any atom is 0.419 e.